The Labute approximate surface area is 161 Å². The SMILES string of the molecule is CCn1cc(CC(=O)c2cccc(C3CC3NCC3CCOCC3)c2)cn1. The predicted octanol–water partition coefficient (Wildman–Crippen LogP) is 3.20. The molecule has 1 saturated carbocycles. The smallest absolute Gasteiger partial charge is 0.167 e. The molecule has 1 aliphatic heterocycles. The highest BCUT2D eigenvalue weighted by Crippen LogP contribution is 2.41. The lowest BCUT2D eigenvalue weighted by Gasteiger charge is -2.22. The van der Waals surface area contributed by atoms with Crippen molar-refractivity contribution in [2.24, 2.45) is 5.92 Å². The first-order valence-corrected chi connectivity index (χ1v) is 10.2. The number of Topliss-reactive ketones (excluding diaryl/α,β-unsaturated/α-hetero) is 1. The molecule has 5 nitrogen and oxygen atoms in total. The van der Waals surface area contributed by atoms with E-state index in [9.17, 15) is 4.79 Å². The average molecular weight is 367 g/mol. The second-order valence-electron chi connectivity index (χ2n) is 7.84. The minimum Gasteiger partial charge on any atom is -0.381 e. The number of carbonyl (C=O) groups is 1. The first kappa shape index (κ1) is 18.4. The number of aromatic nitrogens is 2. The Kier molecular flexibility index (Phi) is 5.69. The molecule has 4 rings (SSSR count). The number of ether oxygens (including phenoxy) is 1. The first-order chi connectivity index (χ1) is 13.2. The van der Waals surface area contributed by atoms with Crippen LogP contribution in [0.2, 0.25) is 0 Å². The lowest BCUT2D eigenvalue weighted by Crippen LogP contribution is -2.29. The van der Waals surface area contributed by atoms with E-state index in [4.69, 9.17) is 4.74 Å². The Morgan fingerprint density at radius 3 is 2.96 bits per heavy atom. The standard InChI is InChI=1S/C22H29N3O2/c1-2-25-15-17(14-24-25)10-22(26)19-5-3-4-18(11-19)20-12-21(20)23-13-16-6-8-27-9-7-16/h3-5,11,14-16,20-21,23H,2,6-10,12-13H2,1H3. The number of nitrogens with zero attached hydrogens (tertiary/aromatic N) is 2. The molecule has 2 aliphatic rings. The van der Waals surface area contributed by atoms with Crippen molar-refractivity contribution in [3.05, 3.63) is 53.3 Å². The zero-order chi connectivity index (χ0) is 18.6. The van der Waals surface area contributed by atoms with E-state index in [1.165, 1.54) is 24.8 Å². The van der Waals surface area contributed by atoms with Crippen molar-refractivity contribution in [2.45, 2.75) is 51.1 Å². The lowest BCUT2D eigenvalue weighted by atomic mass is 10.00. The number of rotatable bonds is 8. The fraction of sp³-hybridized carbons (Fsp3) is 0.545. The van der Waals surface area contributed by atoms with Crippen molar-refractivity contribution in [2.75, 3.05) is 19.8 Å². The number of carbonyl (C=O) groups excluding carboxylic acids is 1. The lowest BCUT2D eigenvalue weighted by molar-refractivity contribution is 0.0662. The number of hydrogen-bond acceptors (Lipinski definition) is 4. The zero-order valence-corrected chi connectivity index (χ0v) is 16.1. The minimum absolute atomic E-state index is 0.167. The molecule has 2 fully saturated rings. The summed E-state index contributed by atoms with van der Waals surface area (Å²) in [6.45, 7) is 5.77. The van der Waals surface area contributed by atoms with E-state index in [0.29, 0.717) is 18.4 Å². The third-order valence-corrected chi connectivity index (χ3v) is 5.81. The Hall–Kier alpha value is -1.98. The summed E-state index contributed by atoms with van der Waals surface area (Å²) in [5.74, 6) is 1.46. The Morgan fingerprint density at radius 1 is 1.33 bits per heavy atom. The van der Waals surface area contributed by atoms with E-state index in [0.717, 1.165) is 43.3 Å². The highest BCUT2D eigenvalue weighted by atomic mass is 16.5. The minimum atomic E-state index is 0.167. The molecule has 0 amide bonds. The second-order valence-corrected chi connectivity index (χ2v) is 7.84. The second kappa shape index (κ2) is 8.36. The maximum atomic E-state index is 12.7. The highest BCUT2D eigenvalue weighted by molar-refractivity contribution is 5.97. The average Bonchev–Trinajstić information content (AvgIpc) is 3.36. The van der Waals surface area contributed by atoms with Gasteiger partial charge in [-0.2, -0.15) is 5.10 Å². The van der Waals surface area contributed by atoms with Crippen LogP contribution in [0.15, 0.2) is 36.7 Å². The molecular formula is C22H29N3O2. The van der Waals surface area contributed by atoms with Crippen molar-refractivity contribution in [3.63, 3.8) is 0 Å². The summed E-state index contributed by atoms with van der Waals surface area (Å²) >= 11 is 0. The molecule has 2 unspecified atom stereocenters. The predicted molar refractivity (Wildman–Crippen MR) is 105 cm³/mol. The molecular weight excluding hydrogens is 338 g/mol. The van der Waals surface area contributed by atoms with Crippen molar-refractivity contribution in [1.82, 2.24) is 15.1 Å². The van der Waals surface area contributed by atoms with Gasteiger partial charge in [-0.3, -0.25) is 9.48 Å². The van der Waals surface area contributed by atoms with E-state index in [-0.39, 0.29) is 5.78 Å². The van der Waals surface area contributed by atoms with Crippen LogP contribution >= 0.6 is 0 Å². The largest absolute Gasteiger partial charge is 0.381 e. The maximum absolute atomic E-state index is 12.7. The van der Waals surface area contributed by atoms with Crippen LogP contribution in [-0.2, 0) is 17.7 Å². The third-order valence-electron chi connectivity index (χ3n) is 5.81. The molecule has 5 heteroatoms. The molecule has 144 valence electrons. The van der Waals surface area contributed by atoms with Gasteiger partial charge in [0.15, 0.2) is 5.78 Å². The Morgan fingerprint density at radius 2 is 2.19 bits per heavy atom. The van der Waals surface area contributed by atoms with Gasteiger partial charge in [0.2, 0.25) is 0 Å². The number of hydrogen-bond donors (Lipinski definition) is 1. The Bertz CT molecular complexity index is 779. The monoisotopic (exact) mass is 367 g/mol. The summed E-state index contributed by atoms with van der Waals surface area (Å²) in [6.07, 6.45) is 7.68. The van der Waals surface area contributed by atoms with Crippen molar-refractivity contribution in [3.8, 4) is 0 Å². The van der Waals surface area contributed by atoms with Gasteiger partial charge in [0.1, 0.15) is 0 Å². The van der Waals surface area contributed by atoms with Gasteiger partial charge in [-0.25, -0.2) is 0 Å². The molecule has 0 radical (unpaired) electrons. The summed E-state index contributed by atoms with van der Waals surface area (Å²) in [6, 6.07) is 8.76. The number of benzene rings is 1. The number of ketones is 1. The van der Waals surface area contributed by atoms with E-state index in [1.807, 2.05) is 29.9 Å². The van der Waals surface area contributed by atoms with Crippen molar-refractivity contribution in [1.29, 1.82) is 0 Å². The van der Waals surface area contributed by atoms with Gasteiger partial charge >= 0.3 is 0 Å². The molecule has 1 aromatic heterocycles. The van der Waals surface area contributed by atoms with Crippen LogP contribution < -0.4 is 5.32 Å². The van der Waals surface area contributed by atoms with Crippen LogP contribution in [0.3, 0.4) is 0 Å². The van der Waals surface area contributed by atoms with Crippen LogP contribution in [0.25, 0.3) is 0 Å². The van der Waals surface area contributed by atoms with Crippen LogP contribution in [0.4, 0.5) is 0 Å². The van der Waals surface area contributed by atoms with Crippen molar-refractivity contribution < 1.29 is 9.53 Å². The summed E-state index contributed by atoms with van der Waals surface area (Å²) < 4.78 is 7.29. The molecule has 27 heavy (non-hydrogen) atoms. The Balaban J connectivity index is 1.31. The van der Waals surface area contributed by atoms with Gasteiger partial charge in [0, 0.05) is 49.9 Å². The van der Waals surface area contributed by atoms with Crippen LogP contribution in [0.1, 0.15) is 53.6 Å². The summed E-state index contributed by atoms with van der Waals surface area (Å²) in [4.78, 5) is 12.7. The highest BCUT2D eigenvalue weighted by Gasteiger charge is 2.38. The fourth-order valence-corrected chi connectivity index (χ4v) is 3.96. The molecule has 0 spiro atoms. The molecule has 1 saturated heterocycles. The summed E-state index contributed by atoms with van der Waals surface area (Å²) in [7, 11) is 0. The van der Waals surface area contributed by atoms with Crippen LogP contribution in [0.5, 0.6) is 0 Å². The molecule has 1 aromatic carbocycles. The summed E-state index contributed by atoms with van der Waals surface area (Å²) in [5.41, 5.74) is 3.08. The van der Waals surface area contributed by atoms with Gasteiger partial charge in [0.05, 0.1) is 6.20 Å². The van der Waals surface area contributed by atoms with Gasteiger partial charge < -0.3 is 10.1 Å². The molecule has 1 aliphatic carbocycles. The topological polar surface area (TPSA) is 56.2 Å². The third kappa shape index (κ3) is 4.66. The van der Waals surface area contributed by atoms with E-state index < -0.39 is 0 Å². The number of aryl methyl sites for hydroxylation is 1. The quantitative estimate of drug-likeness (QED) is 0.728. The molecule has 2 atom stereocenters. The van der Waals surface area contributed by atoms with Gasteiger partial charge in [-0.05, 0) is 55.8 Å². The first-order valence-electron chi connectivity index (χ1n) is 10.2. The normalized spacial score (nSPS) is 22.7. The van der Waals surface area contributed by atoms with E-state index >= 15 is 0 Å². The van der Waals surface area contributed by atoms with Gasteiger partial charge in [-0.1, -0.05) is 18.2 Å². The fourth-order valence-electron chi connectivity index (χ4n) is 3.96. The zero-order valence-electron chi connectivity index (χ0n) is 16.1. The van der Waals surface area contributed by atoms with Crippen LogP contribution in [0, 0.1) is 5.92 Å². The molecule has 1 N–H and O–H groups in total. The molecule has 0 bridgehead atoms. The van der Waals surface area contributed by atoms with E-state index in [1.54, 1.807) is 6.20 Å². The van der Waals surface area contributed by atoms with Gasteiger partial charge in [-0.15, -0.1) is 0 Å². The van der Waals surface area contributed by atoms with Crippen molar-refractivity contribution >= 4 is 5.78 Å². The molecule has 2 aromatic rings. The number of nitrogens with one attached hydrogen (secondary N) is 1. The maximum Gasteiger partial charge on any atom is 0.167 e. The van der Waals surface area contributed by atoms with Gasteiger partial charge in [0.25, 0.3) is 0 Å². The molecule has 2 heterocycles. The van der Waals surface area contributed by atoms with E-state index in [2.05, 4.69) is 22.5 Å². The van der Waals surface area contributed by atoms with Crippen LogP contribution in [-0.4, -0.2) is 41.4 Å². The summed E-state index contributed by atoms with van der Waals surface area (Å²) in [5, 5.41) is 7.98.